The molecule has 0 aromatic carbocycles. The van der Waals surface area contributed by atoms with Gasteiger partial charge in [-0.05, 0) is 45.7 Å². The summed E-state index contributed by atoms with van der Waals surface area (Å²) in [5.41, 5.74) is 0. The van der Waals surface area contributed by atoms with Gasteiger partial charge in [0.1, 0.15) is 5.82 Å². The van der Waals surface area contributed by atoms with E-state index in [1.54, 1.807) is 15.1 Å². The molecule has 1 fully saturated rings. The maximum Gasteiger partial charge on any atom is 0.262 e. The van der Waals surface area contributed by atoms with Crippen LogP contribution in [0.5, 0.6) is 0 Å². The summed E-state index contributed by atoms with van der Waals surface area (Å²) in [6, 6.07) is 0. The molecule has 7 heteroatoms. The topological polar surface area (TPSA) is 67.2 Å². The van der Waals surface area contributed by atoms with Crippen LogP contribution in [0.1, 0.15) is 25.1 Å². The average Bonchev–Trinajstić information content (AvgIpc) is 2.77. The minimum atomic E-state index is -3.42. The van der Waals surface area contributed by atoms with Crippen LogP contribution in [-0.4, -0.2) is 49.0 Å². The van der Waals surface area contributed by atoms with Gasteiger partial charge in [-0.15, -0.1) is 0 Å². The second kappa shape index (κ2) is 6.24. The Bertz CT molecular complexity index is 525. The zero-order valence-electron chi connectivity index (χ0n) is 12.5. The highest BCUT2D eigenvalue weighted by Gasteiger charge is 2.31. The van der Waals surface area contributed by atoms with E-state index in [1.165, 1.54) is 0 Å². The van der Waals surface area contributed by atoms with Crippen molar-refractivity contribution < 1.29 is 8.42 Å². The van der Waals surface area contributed by atoms with Gasteiger partial charge in [-0.1, -0.05) is 0 Å². The molecule has 0 spiro atoms. The number of hydrogen-bond donors (Lipinski definition) is 1. The Labute approximate surface area is 121 Å². The SMILES string of the molecule is CNCCC1CCN(S(=O)(=O)c2cn(C)c(C)n2)CC1. The molecule has 1 saturated heterocycles. The van der Waals surface area contributed by atoms with E-state index in [9.17, 15) is 8.42 Å². The molecule has 0 atom stereocenters. The van der Waals surface area contributed by atoms with E-state index in [0.29, 0.717) is 24.8 Å². The normalized spacial score (nSPS) is 18.6. The molecule has 1 aliphatic heterocycles. The van der Waals surface area contributed by atoms with E-state index in [1.807, 2.05) is 21.0 Å². The zero-order chi connectivity index (χ0) is 14.8. The van der Waals surface area contributed by atoms with Crippen LogP contribution in [0.3, 0.4) is 0 Å². The standard InChI is InChI=1S/C13H24N4O2S/c1-11-15-13(10-16(11)3)20(18,19)17-8-5-12(6-9-17)4-7-14-2/h10,12,14H,4-9H2,1-3H3. The molecule has 114 valence electrons. The number of hydrogen-bond acceptors (Lipinski definition) is 4. The summed E-state index contributed by atoms with van der Waals surface area (Å²) in [6.45, 7) is 4.01. The fraction of sp³-hybridized carbons (Fsp3) is 0.769. The summed E-state index contributed by atoms with van der Waals surface area (Å²) in [7, 11) is 0.336. The van der Waals surface area contributed by atoms with Crippen LogP contribution in [-0.2, 0) is 17.1 Å². The van der Waals surface area contributed by atoms with Crippen molar-refractivity contribution >= 4 is 10.0 Å². The molecule has 1 aromatic heterocycles. The number of nitrogens with one attached hydrogen (secondary N) is 1. The molecule has 20 heavy (non-hydrogen) atoms. The summed E-state index contributed by atoms with van der Waals surface area (Å²) in [5, 5.41) is 3.32. The number of sulfonamides is 1. The van der Waals surface area contributed by atoms with Crippen LogP contribution in [0.4, 0.5) is 0 Å². The number of imidazole rings is 1. The van der Waals surface area contributed by atoms with Gasteiger partial charge in [0.2, 0.25) is 0 Å². The summed E-state index contributed by atoms with van der Waals surface area (Å²) < 4.78 is 28.3. The highest BCUT2D eigenvalue weighted by molar-refractivity contribution is 7.89. The van der Waals surface area contributed by atoms with E-state index >= 15 is 0 Å². The first-order valence-corrected chi connectivity index (χ1v) is 8.54. The van der Waals surface area contributed by atoms with Crippen molar-refractivity contribution in [2.24, 2.45) is 13.0 Å². The van der Waals surface area contributed by atoms with Crippen LogP contribution >= 0.6 is 0 Å². The molecule has 0 amide bonds. The van der Waals surface area contributed by atoms with Crippen LogP contribution < -0.4 is 5.32 Å². The predicted octanol–water partition coefficient (Wildman–Crippen LogP) is 0.739. The van der Waals surface area contributed by atoms with Crippen molar-refractivity contribution in [2.45, 2.75) is 31.2 Å². The van der Waals surface area contributed by atoms with Crippen LogP contribution in [0.15, 0.2) is 11.2 Å². The Kier molecular flexibility index (Phi) is 4.82. The quantitative estimate of drug-likeness (QED) is 0.871. The first-order chi connectivity index (χ1) is 9.45. The number of nitrogens with zero attached hydrogens (tertiary/aromatic N) is 3. The first-order valence-electron chi connectivity index (χ1n) is 7.10. The molecule has 0 radical (unpaired) electrons. The Morgan fingerprint density at radius 3 is 2.55 bits per heavy atom. The molecule has 0 saturated carbocycles. The molecule has 1 N–H and O–H groups in total. The van der Waals surface area contributed by atoms with Gasteiger partial charge < -0.3 is 9.88 Å². The second-order valence-corrected chi connectivity index (χ2v) is 7.36. The van der Waals surface area contributed by atoms with E-state index in [4.69, 9.17) is 0 Å². The van der Waals surface area contributed by atoms with Crippen LogP contribution in [0.2, 0.25) is 0 Å². The molecule has 1 aliphatic rings. The van der Waals surface area contributed by atoms with Crippen LogP contribution in [0, 0.1) is 12.8 Å². The third-order valence-electron chi connectivity index (χ3n) is 4.07. The lowest BCUT2D eigenvalue weighted by molar-refractivity contribution is 0.262. The van der Waals surface area contributed by atoms with E-state index < -0.39 is 10.0 Å². The number of aryl methyl sites for hydroxylation is 2. The first kappa shape index (κ1) is 15.5. The molecule has 2 rings (SSSR count). The van der Waals surface area contributed by atoms with Crippen LogP contribution in [0.25, 0.3) is 0 Å². The number of rotatable bonds is 5. The molecule has 2 heterocycles. The van der Waals surface area contributed by atoms with Crippen molar-refractivity contribution in [3.05, 3.63) is 12.0 Å². The molecular weight excluding hydrogens is 276 g/mol. The average molecular weight is 300 g/mol. The van der Waals surface area contributed by atoms with Gasteiger partial charge in [0.15, 0.2) is 5.03 Å². The van der Waals surface area contributed by atoms with Crippen molar-refractivity contribution in [3.63, 3.8) is 0 Å². The van der Waals surface area contributed by atoms with Crippen molar-refractivity contribution in [1.82, 2.24) is 19.2 Å². The van der Waals surface area contributed by atoms with Crippen molar-refractivity contribution in [3.8, 4) is 0 Å². The minimum Gasteiger partial charge on any atom is -0.337 e. The largest absolute Gasteiger partial charge is 0.337 e. The predicted molar refractivity (Wildman–Crippen MR) is 78.0 cm³/mol. The van der Waals surface area contributed by atoms with E-state index in [0.717, 1.165) is 25.8 Å². The maximum atomic E-state index is 12.5. The van der Waals surface area contributed by atoms with E-state index in [-0.39, 0.29) is 5.03 Å². The lowest BCUT2D eigenvalue weighted by Crippen LogP contribution is -2.39. The summed E-state index contributed by atoms with van der Waals surface area (Å²) >= 11 is 0. The number of aromatic nitrogens is 2. The maximum absolute atomic E-state index is 12.5. The Morgan fingerprint density at radius 2 is 2.05 bits per heavy atom. The summed E-state index contributed by atoms with van der Waals surface area (Å²) in [5.74, 6) is 1.34. The van der Waals surface area contributed by atoms with Gasteiger partial charge in [0.25, 0.3) is 10.0 Å². The van der Waals surface area contributed by atoms with Gasteiger partial charge in [0.05, 0.1) is 0 Å². The Balaban J connectivity index is 2.02. The molecule has 0 bridgehead atoms. The van der Waals surface area contributed by atoms with Gasteiger partial charge >= 0.3 is 0 Å². The third kappa shape index (κ3) is 3.21. The highest BCUT2D eigenvalue weighted by atomic mass is 32.2. The number of piperidine rings is 1. The molecule has 6 nitrogen and oxygen atoms in total. The Hall–Kier alpha value is -0.920. The van der Waals surface area contributed by atoms with Gasteiger partial charge in [-0.25, -0.2) is 13.4 Å². The summed E-state index contributed by atoms with van der Waals surface area (Å²) in [6.07, 6.45) is 4.59. The van der Waals surface area contributed by atoms with Gasteiger partial charge in [-0.3, -0.25) is 0 Å². The fourth-order valence-corrected chi connectivity index (χ4v) is 4.06. The second-order valence-electron chi connectivity index (χ2n) is 5.48. The van der Waals surface area contributed by atoms with Crippen molar-refractivity contribution in [1.29, 1.82) is 0 Å². The van der Waals surface area contributed by atoms with Gasteiger partial charge in [0, 0.05) is 26.3 Å². The zero-order valence-corrected chi connectivity index (χ0v) is 13.3. The van der Waals surface area contributed by atoms with Gasteiger partial charge in [-0.2, -0.15) is 4.31 Å². The summed E-state index contributed by atoms with van der Waals surface area (Å²) in [4.78, 5) is 4.15. The highest BCUT2D eigenvalue weighted by Crippen LogP contribution is 2.24. The molecule has 0 unspecified atom stereocenters. The Morgan fingerprint density at radius 1 is 1.40 bits per heavy atom. The fourth-order valence-electron chi connectivity index (χ4n) is 2.57. The minimum absolute atomic E-state index is 0.172. The smallest absolute Gasteiger partial charge is 0.262 e. The monoisotopic (exact) mass is 300 g/mol. The van der Waals surface area contributed by atoms with Crippen molar-refractivity contribution in [2.75, 3.05) is 26.7 Å². The molecule has 0 aliphatic carbocycles. The lowest BCUT2D eigenvalue weighted by atomic mass is 9.95. The molecule has 1 aromatic rings. The molecular formula is C13H24N4O2S. The van der Waals surface area contributed by atoms with E-state index in [2.05, 4.69) is 10.3 Å². The lowest BCUT2D eigenvalue weighted by Gasteiger charge is -2.30. The third-order valence-corrected chi connectivity index (χ3v) is 5.84.